The molecule has 0 N–H and O–H groups in total. The maximum absolute atomic E-state index is 6.92. The third kappa shape index (κ3) is 5.29. The van der Waals surface area contributed by atoms with Gasteiger partial charge >= 0.3 is 0 Å². The maximum atomic E-state index is 6.92. The predicted molar refractivity (Wildman–Crippen MR) is 247 cm³/mol. The summed E-state index contributed by atoms with van der Waals surface area (Å²) in [5, 5.41) is 9.05. The van der Waals surface area contributed by atoms with Gasteiger partial charge < -0.3 is 13.7 Å². The summed E-state index contributed by atoms with van der Waals surface area (Å²) in [6, 6.07) is 75.5. The van der Waals surface area contributed by atoms with E-state index >= 15 is 0 Å². The molecule has 0 amide bonds. The van der Waals surface area contributed by atoms with E-state index < -0.39 is 0 Å². The van der Waals surface area contributed by atoms with Crippen LogP contribution in [0.3, 0.4) is 0 Å². The number of hydrogen-bond acceptors (Lipinski definition) is 3. The molecule has 0 saturated carbocycles. The molecule has 12 rings (SSSR count). The highest BCUT2D eigenvalue weighted by molar-refractivity contribution is 6.18. The highest BCUT2D eigenvalue weighted by Gasteiger charge is 2.23. The maximum Gasteiger partial charge on any atom is 0.143 e. The molecular weight excluding hydrogens is 719 g/mol. The zero-order valence-corrected chi connectivity index (χ0v) is 32.0. The van der Waals surface area contributed by atoms with Gasteiger partial charge in [-0.3, -0.25) is 0 Å². The first-order valence-electron chi connectivity index (χ1n) is 20.1. The van der Waals surface area contributed by atoms with Crippen LogP contribution in [0.5, 0.6) is 0 Å². The summed E-state index contributed by atoms with van der Waals surface area (Å²) in [5.74, 6) is 0. The Balaban J connectivity index is 1.08. The first-order chi connectivity index (χ1) is 29.3. The lowest BCUT2D eigenvalue weighted by molar-refractivity contribution is 0.671. The average molecular weight is 754 g/mol. The summed E-state index contributed by atoms with van der Waals surface area (Å²) >= 11 is 0. The van der Waals surface area contributed by atoms with Gasteiger partial charge in [0.15, 0.2) is 0 Å². The second-order valence-electron chi connectivity index (χ2n) is 15.2. The van der Waals surface area contributed by atoms with Crippen LogP contribution < -0.4 is 4.90 Å². The molecule has 10 aromatic carbocycles. The Morgan fingerprint density at radius 3 is 1.53 bits per heavy atom. The predicted octanol–water partition coefficient (Wildman–Crippen LogP) is 16.3. The molecule has 0 atom stereocenters. The molecule has 0 radical (unpaired) electrons. The summed E-state index contributed by atoms with van der Waals surface area (Å²) < 4.78 is 13.8. The van der Waals surface area contributed by atoms with Gasteiger partial charge in [-0.2, -0.15) is 0 Å². The van der Waals surface area contributed by atoms with E-state index in [9.17, 15) is 0 Å². The van der Waals surface area contributed by atoms with Crippen LogP contribution in [0.4, 0.5) is 17.1 Å². The number of furan rings is 2. The van der Waals surface area contributed by atoms with Gasteiger partial charge in [-0.25, -0.2) is 0 Å². The minimum absolute atomic E-state index is 0.879. The number of benzene rings is 10. The SMILES string of the molecule is c1ccc(-c2cccc3c2oc2c(-c4cccc(N(c5ccccc5-c5cccc6c5oc5c7ccccc7ccc65)c5cccc6ccccc56)c4)cccc23)cc1. The molecule has 0 unspecified atom stereocenters. The summed E-state index contributed by atoms with van der Waals surface area (Å²) in [4.78, 5) is 2.41. The molecule has 3 heteroatoms. The number of fused-ring (bicyclic) bond motifs is 9. The topological polar surface area (TPSA) is 29.5 Å². The van der Waals surface area contributed by atoms with E-state index in [0.29, 0.717) is 0 Å². The average Bonchev–Trinajstić information content (AvgIpc) is 3.89. The monoisotopic (exact) mass is 753 g/mol. The molecule has 0 saturated heterocycles. The van der Waals surface area contributed by atoms with Crippen LogP contribution in [-0.2, 0) is 0 Å². The van der Waals surface area contributed by atoms with Gasteiger partial charge in [0.25, 0.3) is 0 Å². The molecule has 12 aromatic rings. The Kier molecular flexibility index (Phi) is 7.54. The highest BCUT2D eigenvalue weighted by Crippen LogP contribution is 2.48. The molecule has 0 aliphatic rings. The fraction of sp³-hybridized carbons (Fsp3) is 0. The van der Waals surface area contributed by atoms with Gasteiger partial charge in [-0.15, -0.1) is 0 Å². The largest absolute Gasteiger partial charge is 0.455 e. The molecule has 0 bridgehead atoms. The lowest BCUT2D eigenvalue weighted by atomic mass is 9.97. The van der Waals surface area contributed by atoms with E-state index in [1.165, 1.54) is 5.39 Å². The number of rotatable bonds is 6. The van der Waals surface area contributed by atoms with Gasteiger partial charge in [0.05, 0.1) is 11.4 Å². The second kappa shape index (κ2) is 13.4. The van der Waals surface area contributed by atoms with E-state index in [4.69, 9.17) is 8.83 Å². The lowest BCUT2D eigenvalue weighted by Gasteiger charge is -2.29. The minimum atomic E-state index is 0.879. The molecule has 59 heavy (non-hydrogen) atoms. The zero-order chi connectivity index (χ0) is 38.9. The molecule has 0 spiro atoms. The Hall–Kier alpha value is -7.88. The van der Waals surface area contributed by atoms with Crippen molar-refractivity contribution in [3.8, 4) is 33.4 Å². The van der Waals surface area contributed by atoms with Crippen LogP contribution in [0.2, 0.25) is 0 Å². The number of nitrogens with zero attached hydrogens (tertiary/aromatic N) is 1. The number of para-hydroxylation sites is 4. The standard InChI is InChI=1S/C56H35NO2/c1-2-15-37(16-3-1)43-25-12-28-47-48-29-13-26-44(55(48)58-53(43)47)39-20-10-21-40(35-39)57(51-32-11-19-36-17-4-6-22-41(36)51)52-31-9-8-24-45(52)46-27-14-30-49-50-34-33-38-18-5-7-23-42(38)54(50)59-56(46)49/h1-35H. The lowest BCUT2D eigenvalue weighted by Crippen LogP contribution is -2.12. The number of hydrogen-bond donors (Lipinski definition) is 0. The molecule has 0 fully saturated rings. The zero-order valence-electron chi connectivity index (χ0n) is 32.0. The highest BCUT2D eigenvalue weighted by atomic mass is 16.3. The third-order valence-electron chi connectivity index (χ3n) is 11.9. The summed E-state index contributed by atoms with van der Waals surface area (Å²) in [7, 11) is 0. The van der Waals surface area contributed by atoms with Crippen LogP contribution in [0.25, 0.3) is 98.8 Å². The van der Waals surface area contributed by atoms with Gasteiger partial charge in [0, 0.05) is 60.3 Å². The quantitative estimate of drug-likeness (QED) is 0.169. The van der Waals surface area contributed by atoms with Gasteiger partial charge in [0.2, 0.25) is 0 Å². The van der Waals surface area contributed by atoms with Gasteiger partial charge in [-0.05, 0) is 52.2 Å². The molecule has 276 valence electrons. The van der Waals surface area contributed by atoms with E-state index in [0.717, 1.165) is 110 Å². The van der Waals surface area contributed by atoms with Gasteiger partial charge in [-0.1, -0.05) is 182 Å². The van der Waals surface area contributed by atoms with Crippen LogP contribution in [0.1, 0.15) is 0 Å². The summed E-state index contributed by atoms with van der Waals surface area (Å²) in [6.45, 7) is 0. The molecule has 0 aliphatic heterocycles. The fourth-order valence-corrected chi connectivity index (χ4v) is 9.15. The third-order valence-corrected chi connectivity index (χ3v) is 11.9. The van der Waals surface area contributed by atoms with E-state index in [-0.39, 0.29) is 0 Å². The van der Waals surface area contributed by atoms with E-state index in [1.54, 1.807) is 0 Å². The first-order valence-corrected chi connectivity index (χ1v) is 20.1. The van der Waals surface area contributed by atoms with Crippen LogP contribution >= 0.6 is 0 Å². The molecule has 2 heterocycles. The van der Waals surface area contributed by atoms with E-state index in [1.807, 2.05) is 6.07 Å². The van der Waals surface area contributed by atoms with Crippen molar-refractivity contribution < 1.29 is 8.83 Å². The molecule has 2 aromatic heterocycles. The van der Waals surface area contributed by atoms with E-state index in [2.05, 4.69) is 211 Å². The van der Waals surface area contributed by atoms with Crippen molar-refractivity contribution >= 4 is 82.5 Å². The van der Waals surface area contributed by atoms with Crippen molar-refractivity contribution in [2.75, 3.05) is 4.90 Å². The second-order valence-corrected chi connectivity index (χ2v) is 15.2. The smallest absolute Gasteiger partial charge is 0.143 e. The minimum Gasteiger partial charge on any atom is -0.455 e. The first kappa shape index (κ1) is 33.3. The van der Waals surface area contributed by atoms with Crippen molar-refractivity contribution in [1.29, 1.82) is 0 Å². The fourth-order valence-electron chi connectivity index (χ4n) is 9.15. The van der Waals surface area contributed by atoms with Crippen molar-refractivity contribution in [2.24, 2.45) is 0 Å². The van der Waals surface area contributed by atoms with Crippen LogP contribution in [-0.4, -0.2) is 0 Å². The Bertz CT molecular complexity index is 3570. The van der Waals surface area contributed by atoms with Gasteiger partial charge in [0.1, 0.15) is 22.3 Å². The molecule has 3 nitrogen and oxygen atoms in total. The Labute approximate surface area is 340 Å². The van der Waals surface area contributed by atoms with Crippen molar-refractivity contribution in [1.82, 2.24) is 0 Å². The Morgan fingerprint density at radius 1 is 0.271 bits per heavy atom. The normalized spacial score (nSPS) is 11.7. The van der Waals surface area contributed by atoms with Crippen molar-refractivity contribution in [3.63, 3.8) is 0 Å². The van der Waals surface area contributed by atoms with Crippen molar-refractivity contribution in [2.45, 2.75) is 0 Å². The Morgan fingerprint density at radius 2 is 0.746 bits per heavy atom. The summed E-state index contributed by atoms with van der Waals surface area (Å²) in [6.07, 6.45) is 0. The summed E-state index contributed by atoms with van der Waals surface area (Å²) in [5.41, 5.74) is 13.2. The van der Waals surface area contributed by atoms with Crippen LogP contribution in [0, 0.1) is 0 Å². The van der Waals surface area contributed by atoms with Crippen LogP contribution in [0.15, 0.2) is 221 Å². The molecule has 0 aliphatic carbocycles. The molecular formula is C56H35NO2. The number of anilines is 3. The van der Waals surface area contributed by atoms with Crippen molar-refractivity contribution in [3.05, 3.63) is 212 Å².